The van der Waals surface area contributed by atoms with Gasteiger partial charge in [-0.25, -0.2) is 4.98 Å². The van der Waals surface area contributed by atoms with Crippen LogP contribution in [0.5, 0.6) is 0 Å². The van der Waals surface area contributed by atoms with Crippen molar-refractivity contribution in [1.82, 2.24) is 4.98 Å². The zero-order valence-corrected chi connectivity index (χ0v) is 10.3. The van der Waals surface area contributed by atoms with E-state index >= 15 is 0 Å². The molecule has 0 spiro atoms. The van der Waals surface area contributed by atoms with Crippen LogP contribution in [0.25, 0.3) is 0 Å². The Hall–Kier alpha value is -0.0600. The summed E-state index contributed by atoms with van der Waals surface area (Å²) in [6, 6.07) is -0.256. The first-order valence-electron chi connectivity index (χ1n) is 4.53. The Labute approximate surface area is 104 Å². The molecule has 6 heteroatoms. The zero-order chi connectivity index (χ0) is 11.4. The highest BCUT2D eigenvalue weighted by Crippen LogP contribution is 2.34. The number of halogens is 3. The molecule has 0 saturated heterocycles. The first-order valence-corrected chi connectivity index (χ1v) is 5.66. The van der Waals surface area contributed by atoms with Crippen LogP contribution in [0, 0.1) is 0 Å². The number of nitrogens with zero attached hydrogens (tertiary/aromatic N) is 1. The fourth-order valence-electron chi connectivity index (χ4n) is 1.28. The summed E-state index contributed by atoms with van der Waals surface area (Å²) in [6.07, 6.45) is 2.98. The fourth-order valence-corrected chi connectivity index (χ4v) is 2.05. The molecule has 1 heterocycles. The van der Waals surface area contributed by atoms with E-state index in [0.29, 0.717) is 22.2 Å². The van der Waals surface area contributed by atoms with Crippen LogP contribution in [-0.4, -0.2) is 11.5 Å². The predicted octanol–water partition coefficient (Wildman–Crippen LogP) is 2.78. The highest BCUT2D eigenvalue weighted by molar-refractivity contribution is 6.43. The van der Waals surface area contributed by atoms with Crippen LogP contribution in [0.2, 0.25) is 15.2 Å². The molecule has 4 N–H and O–H groups in total. The van der Waals surface area contributed by atoms with Gasteiger partial charge in [-0.2, -0.15) is 0 Å². The van der Waals surface area contributed by atoms with Gasteiger partial charge in [0.1, 0.15) is 5.15 Å². The highest BCUT2D eigenvalue weighted by atomic mass is 35.5. The Kier molecular flexibility index (Phi) is 5.09. The average molecular weight is 269 g/mol. The molecule has 1 aromatic rings. The topological polar surface area (TPSA) is 64.9 Å². The number of aromatic nitrogens is 1. The Bertz CT molecular complexity index is 344. The summed E-state index contributed by atoms with van der Waals surface area (Å²) in [6.45, 7) is 0.585. The minimum atomic E-state index is -0.256. The first-order chi connectivity index (χ1) is 7.07. The van der Waals surface area contributed by atoms with Crippen LogP contribution >= 0.6 is 34.8 Å². The van der Waals surface area contributed by atoms with E-state index < -0.39 is 0 Å². The summed E-state index contributed by atoms with van der Waals surface area (Å²) < 4.78 is 0. The summed E-state index contributed by atoms with van der Waals surface area (Å²) in [5.74, 6) is 0. The number of hydrogen-bond donors (Lipinski definition) is 2. The molecule has 0 aliphatic carbocycles. The number of hydrogen-bond acceptors (Lipinski definition) is 3. The van der Waals surface area contributed by atoms with Crippen molar-refractivity contribution in [2.24, 2.45) is 11.5 Å². The van der Waals surface area contributed by atoms with Crippen molar-refractivity contribution in [3.8, 4) is 0 Å². The largest absolute Gasteiger partial charge is 0.330 e. The summed E-state index contributed by atoms with van der Waals surface area (Å²) >= 11 is 17.7. The molecule has 1 aromatic heterocycles. The van der Waals surface area contributed by atoms with Crippen molar-refractivity contribution < 1.29 is 0 Å². The minimum absolute atomic E-state index is 0.222. The Balaban J connectivity index is 2.96. The number of rotatable bonds is 4. The smallest absolute Gasteiger partial charge is 0.148 e. The van der Waals surface area contributed by atoms with Gasteiger partial charge in [0.25, 0.3) is 0 Å². The molecule has 0 unspecified atom stereocenters. The van der Waals surface area contributed by atoms with Gasteiger partial charge in [-0.15, -0.1) is 0 Å². The van der Waals surface area contributed by atoms with Gasteiger partial charge in [0, 0.05) is 17.8 Å². The molecule has 0 saturated carbocycles. The molecule has 0 aromatic carbocycles. The third-order valence-electron chi connectivity index (χ3n) is 2.06. The lowest BCUT2D eigenvalue weighted by Crippen LogP contribution is -2.14. The molecule has 0 amide bonds. The predicted molar refractivity (Wildman–Crippen MR) is 64.5 cm³/mol. The van der Waals surface area contributed by atoms with Gasteiger partial charge in [0.2, 0.25) is 0 Å². The van der Waals surface area contributed by atoms with E-state index in [1.54, 1.807) is 0 Å². The zero-order valence-electron chi connectivity index (χ0n) is 8.01. The Morgan fingerprint density at radius 3 is 2.60 bits per heavy atom. The van der Waals surface area contributed by atoms with E-state index in [2.05, 4.69) is 4.98 Å². The minimum Gasteiger partial charge on any atom is -0.330 e. The van der Waals surface area contributed by atoms with Gasteiger partial charge < -0.3 is 11.5 Å². The van der Waals surface area contributed by atoms with Gasteiger partial charge in [0.15, 0.2) is 0 Å². The molecule has 0 aliphatic rings. The second kappa shape index (κ2) is 5.87. The molecule has 1 rings (SSSR count). The van der Waals surface area contributed by atoms with E-state index in [1.807, 2.05) is 0 Å². The second-order valence-electron chi connectivity index (χ2n) is 3.16. The van der Waals surface area contributed by atoms with E-state index in [-0.39, 0.29) is 11.2 Å². The van der Waals surface area contributed by atoms with Crippen LogP contribution in [0.3, 0.4) is 0 Å². The molecular formula is C9H12Cl3N3. The fraction of sp³-hybridized carbons (Fsp3) is 0.444. The summed E-state index contributed by atoms with van der Waals surface area (Å²) in [5, 5.41) is 0.988. The number of pyridine rings is 1. The van der Waals surface area contributed by atoms with Crippen LogP contribution in [0.4, 0.5) is 0 Å². The molecule has 1 atom stereocenters. The lowest BCUT2D eigenvalue weighted by Gasteiger charge is -2.15. The van der Waals surface area contributed by atoms with Gasteiger partial charge in [-0.05, 0) is 19.4 Å². The normalized spacial score (nSPS) is 12.9. The van der Waals surface area contributed by atoms with Crippen molar-refractivity contribution in [2.45, 2.75) is 18.9 Å². The van der Waals surface area contributed by atoms with Gasteiger partial charge >= 0.3 is 0 Å². The van der Waals surface area contributed by atoms with Crippen molar-refractivity contribution in [1.29, 1.82) is 0 Å². The third kappa shape index (κ3) is 3.20. The summed E-state index contributed by atoms with van der Waals surface area (Å²) in [4.78, 5) is 3.82. The van der Waals surface area contributed by atoms with Crippen LogP contribution in [0.1, 0.15) is 24.4 Å². The van der Waals surface area contributed by atoms with E-state index in [4.69, 9.17) is 46.3 Å². The average Bonchev–Trinajstić information content (AvgIpc) is 2.21. The third-order valence-corrected chi connectivity index (χ3v) is 3.12. The van der Waals surface area contributed by atoms with Gasteiger partial charge in [0.05, 0.1) is 10.0 Å². The lowest BCUT2D eigenvalue weighted by atomic mass is 10.0. The van der Waals surface area contributed by atoms with Crippen LogP contribution < -0.4 is 11.5 Å². The van der Waals surface area contributed by atoms with Gasteiger partial charge in [-0.3, -0.25) is 0 Å². The molecule has 0 radical (unpaired) electrons. The quantitative estimate of drug-likeness (QED) is 0.825. The molecule has 84 valence electrons. The van der Waals surface area contributed by atoms with Crippen LogP contribution in [0.15, 0.2) is 6.20 Å². The maximum Gasteiger partial charge on any atom is 0.148 e. The summed E-state index contributed by atoms with van der Waals surface area (Å²) in [5.41, 5.74) is 12.0. The van der Waals surface area contributed by atoms with E-state index in [9.17, 15) is 0 Å². The Morgan fingerprint density at radius 2 is 2.00 bits per heavy atom. The van der Waals surface area contributed by atoms with Crippen molar-refractivity contribution in [2.75, 3.05) is 6.54 Å². The van der Waals surface area contributed by atoms with Crippen LogP contribution in [-0.2, 0) is 0 Å². The molecule has 3 nitrogen and oxygen atoms in total. The van der Waals surface area contributed by atoms with Crippen molar-refractivity contribution in [3.05, 3.63) is 27.0 Å². The van der Waals surface area contributed by atoms with E-state index in [1.165, 1.54) is 6.20 Å². The molecular weight excluding hydrogens is 256 g/mol. The monoisotopic (exact) mass is 267 g/mol. The van der Waals surface area contributed by atoms with E-state index in [0.717, 1.165) is 12.8 Å². The molecule has 0 aliphatic heterocycles. The standard InChI is InChI=1S/C9H12Cl3N3/c10-5-4-15-9(12)8(11)7(5)6(14)2-1-3-13/h4,6H,1-3,13-14H2/t6-/m0/s1. The summed E-state index contributed by atoms with van der Waals surface area (Å²) in [7, 11) is 0. The van der Waals surface area contributed by atoms with Crippen molar-refractivity contribution >= 4 is 34.8 Å². The molecule has 15 heavy (non-hydrogen) atoms. The maximum absolute atomic E-state index is 5.98. The SMILES string of the molecule is NCCC[C@H](N)c1c(Cl)cnc(Cl)c1Cl. The second-order valence-corrected chi connectivity index (χ2v) is 4.31. The molecule has 0 fully saturated rings. The number of nitrogens with two attached hydrogens (primary N) is 2. The molecule has 0 bridgehead atoms. The highest BCUT2D eigenvalue weighted by Gasteiger charge is 2.16. The van der Waals surface area contributed by atoms with Crippen molar-refractivity contribution in [3.63, 3.8) is 0 Å². The maximum atomic E-state index is 5.98. The first kappa shape index (κ1) is 13.0. The lowest BCUT2D eigenvalue weighted by molar-refractivity contribution is 0.617. The Morgan fingerprint density at radius 1 is 1.33 bits per heavy atom. The van der Waals surface area contributed by atoms with Gasteiger partial charge in [-0.1, -0.05) is 34.8 Å².